The highest BCUT2D eigenvalue weighted by molar-refractivity contribution is 6.10. The van der Waals surface area contributed by atoms with Crippen LogP contribution in [-0.2, 0) is 41.6 Å². The summed E-state index contributed by atoms with van der Waals surface area (Å²) in [6, 6.07) is 10.2. The van der Waals surface area contributed by atoms with E-state index in [1.165, 1.54) is 6.07 Å². The molecule has 1 saturated carbocycles. The lowest BCUT2D eigenvalue weighted by molar-refractivity contribution is -0.141. The van der Waals surface area contributed by atoms with Crippen LogP contribution >= 0.6 is 0 Å². The summed E-state index contributed by atoms with van der Waals surface area (Å²) in [4.78, 5) is 43.7. The van der Waals surface area contributed by atoms with E-state index in [4.69, 9.17) is 0 Å². The van der Waals surface area contributed by atoms with Crippen LogP contribution in [0.3, 0.4) is 0 Å². The first-order chi connectivity index (χ1) is 18.8. The number of rotatable bonds is 4. The van der Waals surface area contributed by atoms with E-state index in [2.05, 4.69) is 16.5 Å². The van der Waals surface area contributed by atoms with E-state index in [9.17, 15) is 18.8 Å². The average Bonchev–Trinajstić information content (AvgIpc) is 3.55. The fourth-order valence-electron chi connectivity index (χ4n) is 6.76. The zero-order valence-corrected chi connectivity index (χ0v) is 21.8. The first-order valence-electron chi connectivity index (χ1n) is 13.7. The van der Waals surface area contributed by atoms with Crippen molar-refractivity contribution in [3.05, 3.63) is 76.9 Å². The van der Waals surface area contributed by atoms with Gasteiger partial charge in [-0.3, -0.25) is 19.2 Å². The van der Waals surface area contributed by atoms with Crippen molar-refractivity contribution in [2.45, 2.75) is 56.7 Å². The number of imide groups is 1. The van der Waals surface area contributed by atoms with E-state index in [0.29, 0.717) is 31.7 Å². The molecular weight excluding hydrogens is 497 g/mol. The molecule has 2 aliphatic heterocycles. The Morgan fingerprint density at radius 1 is 1.05 bits per heavy atom. The minimum Gasteiger partial charge on any atom is -0.334 e. The number of nitrogens with one attached hydrogen (secondary N) is 1. The molecule has 4 aliphatic rings. The van der Waals surface area contributed by atoms with Gasteiger partial charge in [-0.2, -0.15) is 5.10 Å². The number of carbonyl (C=O) groups is 3. The van der Waals surface area contributed by atoms with Crippen LogP contribution in [0, 0.1) is 11.7 Å². The minimum absolute atomic E-state index is 0.0285. The number of fused-ring (bicyclic) bond motifs is 3. The van der Waals surface area contributed by atoms with Gasteiger partial charge in [0.2, 0.25) is 5.91 Å². The quantitative estimate of drug-likeness (QED) is 0.525. The summed E-state index contributed by atoms with van der Waals surface area (Å²) in [7, 11) is 1.87. The van der Waals surface area contributed by atoms with E-state index in [-0.39, 0.29) is 30.2 Å². The Kier molecular flexibility index (Phi) is 5.40. The van der Waals surface area contributed by atoms with Crippen molar-refractivity contribution < 1.29 is 18.8 Å². The Balaban J connectivity index is 1.14. The Hall–Kier alpha value is -4.01. The fraction of sp³-hybridized carbons (Fsp3) is 0.400. The summed E-state index contributed by atoms with van der Waals surface area (Å²) in [5.74, 6) is -0.465. The van der Waals surface area contributed by atoms with Gasteiger partial charge in [0.15, 0.2) is 0 Å². The molecule has 1 N–H and O–H groups in total. The molecule has 0 bridgehead atoms. The third-order valence-electron chi connectivity index (χ3n) is 8.95. The number of hydrogen-bond donors (Lipinski definition) is 1. The summed E-state index contributed by atoms with van der Waals surface area (Å²) < 4.78 is 15.6. The zero-order valence-electron chi connectivity index (χ0n) is 21.8. The maximum Gasteiger partial charge on any atom is 0.325 e. The largest absolute Gasteiger partial charge is 0.334 e. The Labute approximate surface area is 225 Å². The van der Waals surface area contributed by atoms with E-state index < -0.39 is 11.6 Å². The Bertz CT molecular complexity index is 1530. The van der Waals surface area contributed by atoms with Crippen molar-refractivity contribution in [2.75, 3.05) is 6.54 Å². The normalized spacial score (nSPS) is 24.1. The smallest absolute Gasteiger partial charge is 0.325 e. The van der Waals surface area contributed by atoms with Gasteiger partial charge in [-0.1, -0.05) is 24.3 Å². The molecule has 4 amide bonds. The van der Waals surface area contributed by atoms with Crippen LogP contribution in [0.1, 0.15) is 47.9 Å². The lowest BCUT2D eigenvalue weighted by Gasteiger charge is -2.31. The van der Waals surface area contributed by atoms with Crippen molar-refractivity contribution in [1.29, 1.82) is 0 Å². The molecule has 1 saturated heterocycles. The standard InChI is InChI=1S/C30H30FN5O3/c1-34-15-23(14-32-34)19-5-8-25-21(12-19)10-11-30(25)28(38)36(29(39)33-30)17-27(37)35-16-22-4-7-24(31)13-20(22)6-9-26(35)18-2-3-18/h4-5,7-8,12-15,18,26H,2-3,6,9-11,16-17H2,1H3,(H,33,39)/t26-,30-/m1/s1. The number of aromatic nitrogens is 2. The van der Waals surface area contributed by atoms with Crippen molar-refractivity contribution in [3.8, 4) is 11.1 Å². The van der Waals surface area contributed by atoms with E-state index in [1.54, 1.807) is 23.0 Å². The van der Waals surface area contributed by atoms with Gasteiger partial charge in [-0.25, -0.2) is 9.18 Å². The number of amides is 4. The molecule has 3 aromatic rings. The number of benzene rings is 2. The summed E-state index contributed by atoms with van der Waals surface area (Å²) in [5, 5.41) is 7.19. The lowest BCUT2D eigenvalue weighted by atomic mass is 9.90. The zero-order chi connectivity index (χ0) is 26.9. The van der Waals surface area contributed by atoms with Gasteiger partial charge in [0.1, 0.15) is 17.9 Å². The molecule has 1 spiro atoms. The number of halogens is 1. The molecule has 2 aromatic carbocycles. The number of urea groups is 1. The van der Waals surface area contributed by atoms with Crippen molar-refractivity contribution in [2.24, 2.45) is 13.0 Å². The third-order valence-corrected chi connectivity index (χ3v) is 8.95. The first kappa shape index (κ1) is 24.1. The molecule has 0 unspecified atom stereocenters. The second-order valence-electron chi connectivity index (χ2n) is 11.4. The molecule has 2 fully saturated rings. The van der Waals surface area contributed by atoms with E-state index in [1.807, 2.05) is 30.3 Å². The highest BCUT2D eigenvalue weighted by Gasteiger charge is 2.56. The molecular formula is C30H30FN5O3. The van der Waals surface area contributed by atoms with Crippen molar-refractivity contribution in [3.63, 3.8) is 0 Å². The summed E-state index contributed by atoms with van der Waals surface area (Å²) >= 11 is 0. The van der Waals surface area contributed by atoms with Crippen LogP contribution in [0.4, 0.5) is 9.18 Å². The molecule has 200 valence electrons. The van der Waals surface area contributed by atoms with Gasteiger partial charge in [0.25, 0.3) is 5.91 Å². The van der Waals surface area contributed by atoms with E-state index in [0.717, 1.165) is 57.5 Å². The van der Waals surface area contributed by atoms with Crippen LogP contribution in [0.25, 0.3) is 11.1 Å². The Morgan fingerprint density at radius 3 is 2.67 bits per heavy atom. The molecule has 2 atom stereocenters. The molecule has 3 heterocycles. The molecule has 2 aliphatic carbocycles. The van der Waals surface area contributed by atoms with Gasteiger partial charge in [0.05, 0.1) is 6.20 Å². The number of hydrogen-bond acceptors (Lipinski definition) is 4. The van der Waals surface area contributed by atoms with Crippen LogP contribution in [0.2, 0.25) is 0 Å². The summed E-state index contributed by atoms with van der Waals surface area (Å²) in [6.45, 7) is 0.0691. The SMILES string of the molecule is Cn1cc(-c2ccc3c(c2)CC[C@@]32NC(=O)N(CC(=O)N3Cc4ccc(F)cc4CC[C@@H]3C3CC3)C2=O)cn1. The fourth-order valence-corrected chi connectivity index (χ4v) is 6.76. The van der Waals surface area contributed by atoms with Crippen LogP contribution < -0.4 is 5.32 Å². The topological polar surface area (TPSA) is 87.5 Å². The van der Waals surface area contributed by atoms with Gasteiger partial charge in [-0.05, 0) is 84.4 Å². The third kappa shape index (κ3) is 3.94. The highest BCUT2D eigenvalue weighted by atomic mass is 19.1. The average molecular weight is 528 g/mol. The van der Waals surface area contributed by atoms with Gasteiger partial charge in [-0.15, -0.1) is 0 Å². The number of nitrogens with zero attached hydrogens (tertiary/aromatic N) is 4. The highest BCUT2D eigenvalue weighted by Crippen LogP contribution is 2.43. The molecule has 8 nitrogen and oxygen atoms in total. The predicted molar refractivity (Wildman–Crippen MR) is 141 cm³/mol. The maximum atomic E-state index is 13.9. The van der Waals surface area contributed by atoms with Crippen molar-refractivity contribution in [1.82, 2.24) is 24.9 Å². The molecule has 39 heavy (non-hydrogen) atoms. The summed E-state index contributed by atoms with van der Waals surface area (Å²) in [6.07, 6.45) is 8.43. The van der Waals surface area contributed by atoms with Crippen LogP contribution in [-0.4, -0.2) is 50.0 Å². The second kappa shape index (κ2) is 8.76. The number of carbonyl (C=O) groups excluding carboxylic acids is 3. The van der Waals surface area contributed by atoms with Gasteiger partial charge < -0.3 is 10.2 Å². The maximum absolute atomic E-state index is 13.9. The van der Waals surface area contributed by atoms with Crippen molar-refractivity contribution >= 4 is 17.8 Å². The number of aryl methyl sites for hydroxylation is 3. The summed E-state index contributed by atoms with van der Waals surface area (Å²) in [5.41, 5.74) is 4.53. The van der Waals surface area contributed by atoms with Crippen LogP contribution in [0.5, 0.6) is 0 Å². The monoisotopic (exact) mass is 527 g/mol. The van der Waals surface area contributed by atoms with E-state index >= 15 is 0 Å². The van der Waals surface area contributed by atoms with Crippen LogP contribution in [0.15, 0.2) is 48.8 Å². The Morgan fingerprint density at radius 2 is 1.90 bits per heavy atom. The minimum atomic E-state index is -1.14. The second-order valence-corrected chi connectivity index (χ2v) is 11.4. The lowest BCUT2D eigenvalue weighted by Crippen LogP contribution is -2.48. The molecule has 0 radical (unpaired) electrons. The van der Waals surface area contributed by atoms with Gasteiger partial charge >= 0.3 is 6.03 Å². The van der Waals surface area contributed by atoms with Gasteiger partial charge in [0, 0.05) is 31.4 Å². The predicted octanol–water partition coefficient (Wildman–Crippen LogP) is 3.67. The molecule has 9 heteroatoms. The molecule has 1 aromatic heterocycles. The molecule has 7 rings (SSSR count). The first-order valence-corrected chi connectivity index (χ1v) is 13.7.